The number of fused-ring (bicyclic) bond motifs is 2. The van der Waals surface area contributed by atoms with Crippen LogP contribution in [-0.2, 0) is 22.6 Å². The van der Waals surface area contributed by atoms with Crippen LogP contribution in [0.2, 0.25) is 5.02 Å². The van der Waals surface area contributed by atoms with Crippen molar-refractivity contribution in [2.24, 2.45) is 5.92 Å². The predicted octanol–water partition coefficient (Wildman–Crippen LogP) is 4.98. The number of anilines is 1. The summed E-state index contributed by atoms with van der Waals surface area (Å²) in [5.41, 5.74) is 3.42. The van der Waals surface area contributed by atoms with E-state index in [4.69, 9.17) is 16.0 Å². The summed E-state index contributed by atoms with van der Waals surface area (Å²) in [6.07, 6.45) is 6.46. The average Bonchev–Trinajstić information content (AvgIpc) is 2.99. The molecule has 0 saturated carbocycles. The quantitative estimate of drug-likeness (QED) is 0.584. The largest absolute Gasteiger partial charge is 0.457 e. The Balaban J connectivity index is 1.47. The summed E-state index contributed by atoms with van der Waals surface area (Å²) < 4.78 is 5.91. The van der Waals surface area contributed by atoms with Gasteiger partial charge in [0.25, 0.3) is 0 Å². The van der Waals surface area contributed by atoms with Gasteiger partial charge < -0.3 is 14.6 Å². The molecule has 2 amide bonds. The van der Waals surface area contributed by atoms with E-state index in [0.29, 0.717) is 28.7 Å². The Morgan fingerprint density at radius 1 is 1.42 bits per heavy atom. The average molecular weight is 438 g/mol. The Kier molecular flexibility index (Phi) is 5.83. The third kappa shape index (κ3) is 4.35. The molecule has 4 rings (SSSR count). The van der Waals surface area contributed by atoms with E-state index in [1.807, 2.05) is 32.0 Å². The van der Waals surface area contributed by atoms with Crippen molar-refractivity contribution >= 4 is 46.3 Å². The van der Waals surface area contributed by atoms with Gasteiger partial charge in [0.1, 0.15) is 11.6 Å². The fourth-order valence-electron chi connectivity index (χ4n) is 3.66. The Labute approximate surface area is 185 Å². The maximum atomic E-state index is 12.6. The number of nitrogens with one attached hydrogen (secondary N) is 1. The lowest BCUT2D eigenvalue weighted by Crippen LogP contribution is -2.24. The third-order valence-electron chi connectivity index (χ3n) is 5.71. The molecule has 3 heterocycles. The molecule has 0 bridgehead atoms. The van der Waals surface area contributed by atoms with Gasteiger partial charge in [-0.1, -0.05) is 30.7 Å². The number of carbonyl (C=O) groups is 2. The summed E-state index contributed by atoms with van der Waals surface area (Å²) in [6.45, 7) is 4.22. The van der Waals surface area contributed by atoms with Crippen molar-refractivity contribution in [3.05, 3.63) is 64.0 Å². The summed E-state index contributed by atoms with van der Waals surface area (Å²) in [5.74, 6) is 1.12. The van der Waals surface area contributed by atoms with Crippen molar-refractivity contribution in [1.29, 1.82) is 0 Å². The van der Waals surface area contributed by atoms with Crippen LogP contribution in [0.1, 0.15) is 35.8 Å². The lowest BCUT2D eigenvalue weighted by atomic mass is 10.0. The Morgan fingerprint density at radius 3 is 3.00 bits per heavy atom. The number of benzene rings is 1. The van der Waals surface area contributed by atoms with E-state index >= 15 is 0 Å². The van der Waals surface area contributed by atoms with Crippen LogP contribution in [0.15, 0.2) is 41.0 Å². The summed E-state index contributed by atoms with van der Waals surface area (Å²) in [6, 6.07) is 7.60. The van der Waals surface area contributed by atoms with Crippen molar-refractivity contribution < 1.29 is 14.0 Å². The lowest BCUT2D eigenvalue weighted by molar-refractivity contribution is -0.125. The molecule has 1 N–H and O–H groups in total. The number of pyridine rings is 1. The van der Waals surface area contributed by atoms with E-state index in [9.17, 15) is 9.59 Å². The molecule has 160 valence electrons. The molecule has 0 saturated heterocycles. The first-order valence-electron chi connectivity index (χ1n) is 10.2. The summed E-state index contributed by atoms with van der Waals surface area (Å²) in [7, 11) is 1.73. The minimum Gasteiger partial charge on any atom is -0.457 e. The maximum absolute atomic E-state index is 12.6. The second-order valence-corrected chi connectivity index (χ2v) is 8.41. The fourth-order valence-corrected chi connectivity index (χ4v) is 3.88. The Hall–Kier alpha value is -3.12. The molecule has 0 fully saturated rings. The lowest BCUT2D eigenvalue weighted by Gasteiger charge is -2.14. The predicted molar refractivity (Wildman–Crippen MR) is 122 cm³/mol. The number of hydrogen-bond acceptors (Lipinski definition) is 4. The van der Waals surface area contributed by atoms with Gasteiger partial charge in [-0.3, -0.25) is 9.59 Å². The monoisotopic (exact) mass is 437 g/mol. The number of hydrogen-bond donors (Lipinski definition) is 1. The van der Waals surface area contributed by atoms with Crippen molar-refractivity contribution in [3.8, 4) is 0 Å². The first kappa shape index (κ1) is 21.1. The molecule has 1 aromatic carbocycles. The molecule has 2 aromatic heterocycles. The van der Waals surface area contributed by atoms with Crippen molar-refractivity contribution in [2.45, 2.75) is 33.2 Å². The van der Waals surface area contributed by atoms with Gasteiger partial charge in [0.2, 0.25) is 11.8 Å². The molecule has 0 spiro atoms. The minimum atomic E-state index is -0.150. The van der Waals surface area contributed by atoms with E-state index in [1.165, 1.54) is 6.08 Å². The normalized spacial score (nSPS) is 16.3. The summed E-state index contributed by atoms with van der Waals surface area (Å²) in [4.78, 5) is 30.6. The molecule has 0 unspecified atom stereocenters. The molecular weight excluding hydrogens is 414 g/mol. The van der Waals surface area contributed by atoms with Gasteiger partial charge in [-0.15, -0.1) is 0 Å². The fraction of sp³-hybridized carbons (Fsp3) is 0.292. The van der Waals surface area contributed by atoms with Gasteiger partial charge in [0, 0.05) is 36.2 Å². The second kappa shape index (κ2) is 8.55. The highest BCUT2D eigenvalue weighted by atomic mass is 35.5. The number of likely N-dealkylation sites (N-methyl/N-ethyl adjacent to an activating group) is 1. The molecular formula is C24H24ClN3O3. The van der Waals surface area contributed by atoms with Crippen LogP contribution in [0.25, 0.3) is 17.0 Å². The van der Waals surface area contributed by atoms with E-state index in [0.717, 1.165) is 34.9 Å². The number of aryl methyl sites for hydroxylation is 2. The smallest absolute Gasteiger partial charge is 0.246 e. The van der Waals surface area contributed by atoms with Crippen molar-refractivity contribution in [1.82, 2.24) is 9.88 Å². The number of amides is 2. The minimum absolute atomic E-state index is 0.00601. The number of aromatic nitrogens is 1. The van der Waals surface area contributed by atoms with Gasteiger partial charge in [-0.25, -0.2) is 4.98 Å². The molecule has 1 atom stereocenters. The topological polar surface area (TPSA) is 75.4 Å². The van der Waals surface area contributed by atoms with Gasteiger partial charge >= 0.3 is 0 Å². The van der Waals surface area contributed by atoms with Gasteiger partial charge in [0.15, 0.2) is 5.58 Å². The molecule has 6 nitrogen and oxygen atoms in total. The SMILES string of the molecule is Cc1c(CN(C)C(=O)/C=C/c2cnc3c(c2)CC[C@H](C)C(=O)N3)oc2c(Cl)cccc12. The number of furan rings is 1. The Bertz CT molecular complexity index is 1200. The van der Waals surface area contributed by atoms with E-state index in [1.54, 1.807) is 30.3 Å². The van der Waals surface area contributed by atoms with Gasteiger partial charge in [-0.05, 0) is 49.1 Å². The van der Waals surface area contributed by atoms with Crippen LogP contribution < -0.4 is 5.32 Å². The molecule has 1 aliphatic heterocycles. The van der Waals surface area contributed by atoms with Crippen LogP contribution >= 0.6 is 11.6 Å². The van der Waals surface area contributed by atoms with Gasteiger partial charge in [-0.2, -0.15) is 0 Å². The third-order valence-corrected chi connectivity index (χ3v) is 6.01. The number of rotatable bonds is 4. The van der Waals surface area contributed by atoms with Crippen LogP contribution in [-0.4, -0.2) is 28.7 Å². The summed E-state index contributed by atoms with van der Waals surface area (Å²) in [5, 5.41) is 4.37. The molecule has 7 heteroatoms. The summed E-state index contributed by atoms with van der Waals surface area (Å²) >= 11 is 6.22. The molecule has 1 aliphatic rings. The number of para-hydroxylation sites is 1. The molecule has 31 heavy (non-hydrogen) atoms. The van der Waals surface area contributed by atoms with Crippen LogP contribution in [0.3, 0.4) is 0 Å². The standard InChI is InChI=1S/C24H24ClN3O3/c1-14-7-9-17-11-16(12-26-23(17)27-24(14)30)8-10-21(29)28(3)13-20-15(2)18-5-4-6-19(25)22(18)31-20/h4-6,8,10-12,14H,7,9,13H2,1-3H3,(H,26,27,30)/b10-8+/t14-/m0/s1. The van der Waals surface area contributed by atoms with Crippen LogP contribution in [0.4, 0.5) is 5.82 Å². The van der Waals surface area contributed by atoms with E-state index in [2.05, 4.69) is 10.3 Å². The zero-order valence-electron chi connectivity index (χ0n) is 17.7. The zero-order valence-corrected chi connectivity index (χ0v) is 18.5. The number of halogens is 1. The second-order valence-electron chi connectivity index (χ2n) is 8.00. The van der Waals surface area contributed by atoms with E-state index in [-0.39, 0.29) is 17.7 Å². The number of nitrogens with zero attached hydrogens (tertiary/aromatic N) is 2. The molecule has 0 radical (unpaired) electrons. The first-order valence-corrected chi connectivity index (χ1v) is 10.6. The highest BCUT2D eigenvalue weighted by Gasteiger charge is 2.20. The highest BCUT2D eigenvalue weighted by Crippen LogP contribution is 2.31. The van der Waals surface area contributed by atoms with Crippen LogP contribution in [0.5, 0.6) is 0 Å². The van der Waals surface area contributed by atoms with Crippen molar-refractivity contribution in [3.63, 3.8) is 0 Å². The van der Waals surface area contributed by atoms with E-state index < -0.39 is 0 Å². The van der Waals surface area contributed by atoms with Crippen molar-refractivity contribution in [2.75, 3.05) is 12.4 Å². The van der Waals surface area contributed by atoms with Crippen LogP contribution in [0, 0.1) is 12.8 Å². The zero-order chi connectivity index (χ0) is 22.1. The number of carbonyl (C=O) groups excluding carboxylic acids is 2. The highest BCUT2D eigenvalue weighted by molar-refractivity contribution is 6.34. The molecule has 0 aliphatic carbocycles. The molecule has 3 aromatic rings. The Morgan fingerprint density at radius 2 is 2.23 bits per heavy atom. The van der Waals surface area contributed by atoms with Gasteiger partial charge in [0.05, 0.1) is 11.6 Å². The first-order chi connectivity index (χ1) is 14.8. The maximum Gasteiger partial charge on any atom is 0.246 e.